The third-order valence-electron chi connectivity index (χ3n) is 3.11. The molecule has 0 atom stereocenters. The molecule has 0 saturated heterocycles. The fourth-order valence-electron chi connectivity index (χ4n) is 2.21. The quantitative estimate of drug-likeness (QED) is 0.546. The van der Waals surface area contributed by atoms with Gasteiger partial charge in [0, 0.05) is 14.7 Å². The van der Waals surface area contributed by atoms with E-state index in [0.29, 0.717) is 16.1 Å². The minimum absolute atomic E-state index is 0.0304. The van der Waals surface area contributed by atoms with Crippen LogP contribution in [0.5, 0.6) is 5.75 Å². The number of hydrogen-bond donors (Lipinski definition) is 0. The predicted octanol–water partition coefficient (Wildman–Crippen LogP) is 4.80. The summed E-state index contributed by atoms with van der Waals surface area (Å²) >= 11 is 8.22. The van der Waals surface area contributed by atoms with E-state index in [1.54, 1.807) is 19.2 Å². The lowest BCUT2D eigenvalue weighted by Crippen LogP contribution is -2.04. The highest BCUT2D eigenvalue weighted by molar-refractivity contribution is 14.1. The summed E-state index contributed by atoms with van der Waals surface area (Å²) in [5.74, 6) is 0.791. The minimum Gasteiger partial charge on any atom is -0.496 e. The Morgan fingerprint density at radius 2 is 1.70 bits per heavy atom. The Kier molecular flexibility index (Phi) is 4.70. The van der Waals surface area contributed by atoms with E-state index in [1.807, 2.05) is 32.0 Å². The lowest BCUT2D eigenvalue weighted by molar-refractivity contribution is 0.103. The number of carbonyl (C=O) groups is 1. The summed E-state index contributed by atoms with van der Waals surface area (Å²) in [6.07, 6.45) is 0. The number of aryl methyl sites for hydroxylation is 2. The SMILES string of the molecule is COc1c(C)cc(C(=O)c2ccc(I)c(Cl)c2)cc1C. The molecular weight excluding hydrogens is 387 g/mol. The van der Waals surface area contributed by atoms with Crippen molar-refractivity contribution in [1.29, 1.82) is 0 Å². The summed E-state index contributed by atoms with van der Waals surface area (Å²) < 4.78 is 6.25. The smallest absolute Gasteiger partial charge is 0.193 e. The topological polar surface area (TPSA) is 26.3 Å². The summed E-state index contributed by atoms with van der Waals surface area (Å²) in [4.78, 5) is 12.5. The molecule has 0 aromatic heterocycles. The fourth-order valence-corrected chi connectivity index (χ4v) is 2.72. The van der Waals surface area contributed by atoms with E-state index in [1.165, 1.54) is 0 Å². The van der Waals surface area contributed by atoms with Crippen LogP contribution in [-0.4, -0.2) is 12.9 Å². The summed E-state index contributed by atoms with van der Waals surface area (Å²) in [5, 5.41) is 0.596. The van der Waals surface area contributed by atoms with Gasteiger partial charge in [0.2, 0.25) is 0 Å². The number of rotatable bonds is 3. The third kappa shape index (κ3) is 2.99. The molecule has 0 aliphatic rings. The third-order valence-corrected chi connectivity index (χ3v) is 4.68. The van der Waals surface area contributed by atoms with E-state index in [2.05, 4.69) is 22.6 Å². The van der Waals surface area contributed by atoms with Gasteiger partial charge in [-0.15, -0.1) is 0 Å². The number of benzene rings is 2. The molecule has 0 aliphatic carbocycles. The molecule has 2 nitrogen and oxygen atoms in total. The van der Waals surface area contributed by atoms with Crippen molar-refractivity contribution in [2.45, 2.75) is 13.8 Å². The lowest BCUT2D eigenvalue weighted by Gasteiger charge is -2.11. The molecule has 0 spiro atoms. The fraction of sp³-hybridized carbons (Fsp3) is 0.188. The van der Waals surface area contributed by atoms with Gasteiger partial charge < -0.3 is 4.74 Å². The van der Waals surface area contributed by atoms with E-state index < -0.39 is 0 Å². The highest BCUT2D eigenvalue weighted by Gasteiger charge is 2.14. The van der Waals surface area contributed by atoms with Crippen molar-refractivity contribution in [2.24, 2.45) is 0 Å². The maximum Gasteiger partial charge on any atom is 0.193 e. The number of hydrogen-bond acceptors (Lipinski definition) is 2. The highest BCUT2D eigenvalue weighted by atomic mass is 127. The van der Waals surface area contributed by atoms with Crippen molar-refractivity contribution >= 4 is 40.0 Å². The van der Waals surface area contributed by atoms with Crippen molar-refractivity contribution in [3.05, 3.63) is 61.2 Å². The average molecular weight is 401 g/mol. The van der Waals surface area contributed by atoms with Gasteiger partial charge in [0.05, 0.1) is 12.1 Å². The minimum atomic E-state index is -0.0304. The van der Waals surface area contributed by atoms with Gasteiger partial charge in [-0.05, 0) is 77.9 Å². The van der Waals surface area contributed by atoms with Crippen LogP contribution in [0, 0.1) is 17.4 Å². The van der Waals surface area contributed by atoms with E-state index >= 15 is 0 Å². The molecule has 0 amide bonds. The van der Waals surface area contributed by atoms with Gasteiger partial charge in [-0.25, -0.2) is 0 Å². The first-order valence-corrected chi connectivity index (χ1v) is 7.54. The monoisotopic (exact) mass is 400 g/mol. The van der Waals surface area contributed by atoms with Crippen LogP contribution in [0.4, 0.5) is 0 Å². The Bertz CT molecular complexity index is 657. The molecule has 0 unspecified atom stereocenters. The van der Waals surface area contributed by atoms with E-state index in [4.69, 9.17) is 16.3 Å². The van der Waals surface area contributed by atoms with Crippen LogP contribution in [-0.2, 0) is 0 Å². The van der Waals surface area contributed by atoms with E-state index in [-0.39, 0.29) is 5.78 Å². The van der Waals surface area contributed by atoms with Crippen molar-refractivity contribution in [2.75, 3.05) is 7.11 Å². The molecule has 0 bridgehead atoms. The average Bonchev–Trinajstić information content (AvgIpc) is 2.40. The number of ether oxygens (including phenoxy) is 1. The molecule has 4 heteroatoms. The van der Waals surface area contributed by atoms with Crippen LogP contribution in [0.25, 0.3) is 0 Å². The number of ketones is 1. The van der Waals surface area contributed by atoms with Crippen LogP contribution in [0.1, 0.15) is 27.0 Å². The van der Waals surface area contributed by atoms with Crippen LogP contribution >= 0.6 is 34.2 Å². The molecule has 2 rings (SSSR count). The summed E-state index contributed by atoms with van der Waals surface area (Å²) in [6.45, 7) is 3.87. The molecule has 2 aromatic rings. The highest BCUT2D eigenvalue weighted by Crippen LogP contribution is 2.27. The molecular formula is C16H14ClIO2. The molecule has 2 aromatic carbocycles. The predicted molar refractivity (Wildman–Crippen MR) is 90.1 cm³/mol. The van der Waals surface area contributed by atoms with Crippen LogP contribution < -0.4 is 4.74 Å². The van der Waals surface area contributed by atoms with Crippen LogP contribution in [0.15, 0.2) is 30.3 Å². The van der Waals surface area contributed by atoms with E-state index in [9.17, 15) is 4.79 Å². The Morgan fingerprint density at radius 3 is 2.20 bits per heavy atom. The molecule has 20 heavy (non-hydrogen) atoms. The maximum absolute atomic E-state index is 12.5. The first-order chi connectivity index (χ1) is 9.43. The van der Waals surface area contributed by atoms with Gasteiger partial charge in [0.1, 0.15) is 5.75 Å². The normalized spacial score (nSPS) is 10.4. The van der Waals surface area contributed by atoms with Crippen LogP contribution in [0.2, 0.25) is 5.02 Å². The molecule has 0 heterocycles. The maximum atomic E-state index is 12.5. The van der Waals surface area contributed by atoms with Gasteiger partial charge >= 0.3 is 0 Å². The Balaban J connectivity index is 2.45. The van der Waals surface area contributed by atoms with Gasteiger partial charge in [-0.3, -0.25) is 4.79 Å². The summed E-state index contributed by atoms with van der Waals surface area (Å²) in [7, 11) is 1.63. The first-order valence-electron chi connectivity index (χ1n) is 6.09. The second-order valence-corrected chi connectivity index (χ2v) is 6.17. The molecule has 0 radical (unpaired) electrons. The van der Waals surface area contributed by atoms with Crippen molar-refractivity contribution < 1.29 is 9.53 Å². The number of carbonyl (C=O) groups excluding carboxylic acids is 1. The zero-order valence-electron chi connectivity index (χ0n) is 11.5. The van der Waals surface area contributed by atoms with Crippen molar-refractivity contribution in [3.63, 3.8) is 0 Å². The number of methoxy groups -OCH3 is 1. The van der Waals surface area contributed by atoms with Crippen molar-refractivity contribution in [1.82, 2.24) is 0 Å². The van der Waals surface area contributed by atoms with Gasteiger partial charge in [0.15, 0.2) is 5.78 Å². The van der Waals surface area contributed by atoms with Gasteiger partial charge in [-0.2, -0.15) is 0 Å². The Morgan fingerprint density at radius 1 is 1.10 bits per heavy atom. The molecule has 0 N–H and O–H groups in total. The zero-order valence-corrected chi connectivity index (χ0v) is 14.4. The van der Waals surface area contributed by atoms with Gasteiger partial charge in [0.25, 0.3) is 0 Å². The number of halogens is 2. The zero-order chi connectivity index (χ0) is 14.9. The van der Waals surface area contributed by atoms with Crippen LogP contribution in [0.3, 0.4) is 0 Å². The standard InChI is InChI=1S/C16H14ClIO2/c1-9-6-12(7-10(2)16(9)20-3)15(19)11-4-5-14(18)13(17)8-11/h4-8H,1-3H3. The van der Waals surface area contributed by atoms with Gasteiger partial charge in [-0.1, -0.05) is 11.6 Å². The molecule has 104 valence electrons. The second kappa shape index (κ2) is 6.14. The second-order valence-electron chi connectivity index (χ2n) is 4.60. The molecule has 0 aliphatic heterocycles. The molecule has 0 fully saturated rings. The lowest BCUT2D eigenvalue weighted by atomic mass is 9.98. The summed E-state index contributed by atoms with van der Waals surface area (Å²) in [5.41, 5.74) is 3.15. The largest absolute Gasteiger partial charge is 0.496 e. The Labute approximate surface area is 137 Å². The Hall–Kier alpha value is -1.07. The first kappa shape index (κ1) is 15.3. The van der Waals surface area contributed by atoms with Crippen molar-refractivity contribution in [3.8, 4) is 5.75 Å². The van der Waals surface area contributed by atoms with E-state index in [0.717, 1.165) is 20.4 Å². The summed E-state index contributed by atoms with van der Waals surface area (Å²) in [6, 6.07) is 9.05. The molecule has 0 saturated carbocycles.